The second-order valence-corrected chi connectivity index (χ2v) is 5.34. The molecule has 1 aromatic heterocycles. The van der Waals surface area contributed by atoms with Crippen LogP contribution in [-0.2, 0) is 16.0 Å². The van der Waals surface area contributed by atoms with E-state index in [9.17, 15) is 19.5 Å². The highest BCUT2D eigenvalue weighted by atomic mass is 16.4. The Kier molecular flexibility index (Phi) is 4.40. The van der Waals surface area contributed by atoms with E-state index in [-0.39, 0.29) is 12.3 Å². The van der Waals surface area contributed by atoms with E-state index in [1.807, 2.05) is 0 Å². The number of carboxylic acid groups (broad SMARTS) is 1. The summed E-state index contributed by atoms with van der Waals surface area (Å²) in [7, 11) is 0. The molecule has 1 fully saturated rings. The van der Waals surface area contributed by atoms with Crippen LogP contribution in [0.3, 0.4) is 0 Å². The molecule has 114 valence electrons. The molecule has 1 atom stereocenters. The fourth-order valence-electron chi connectivity index (χ4n) is 2.76. The Morgan fingerprint density at radius 1 is 1.38 bits per heavy atom. The fraction of sp³-hybridized carbons (Fsp3) is 0.571. The second-order valence-electron chi connectivity index (χ2n) is 5.34. The number of likely N-dealkylation sites (tertiary alicyclic amines) is 1. The minimum Gasteiger partial charge on any atom is -0.480 e. The number of carbonyl (C=O) groups excluding carboxylic acids is 1. The number of H-pyrrole nitrogens is 1. The van der Waals surface area contributed by atoms with Crippen molar-refractivity contribution >= 4 is 11.9 Å². The number of rotatable bonds is 3. The van der Waals surface area contributed by atoms with Gasteiger partial charge in [-0.1, -0.05) is 0 Å². The van der Waals surface area contributed by atoms with Gasteiger partial charge in [-0.15, -0.1) is 0 Å². The maximum atomic E-state index is 12.4. The van der Waals surface area contributed by atoms with Crippen molar-refractivity contribution in [3.63, 3.8) is 0 Å². The number of nitrogens with one attached hydrogen (secondary N) is 1. The number of carboxylic acids is 1. The standard InChI is InChI=1S/C14H19N3O4/c1-8-10(9(2)16-14(21)15-8)7-12(18)17-6-4-3-5-11(17)13(19)20/h11H,3-7H2,1-2H3,(H,19,20)(H,15,16,21)/t11-/m1/s1. The maximum absolute atomic E-state index is 12.4. The summed E-state index contributed by atoms with van der Waals surface area (Å²) in [4.78, 5) is 42.7. The first-order chi connectivity index (χ1) is 9.90. The first kappa shape index (κ1) is 15.2. The van der Waals surface area contributed by atoms with Crippen molar-refractivity contribution < 1.29 is 14.7 Å². The zero-order valence-corrected chi connectivity index (χ0v) is 12.2. The first-order valence-corrected chi connectivity index (χ1v) is 6.99. The second kappa shape index (κ2) is 6.07. The molecule has 0 bridgehead atoms. The van der Waals surface area contributed by atoms with Gasteiger partial charge in [0.2, 0.25) is 5.91 Å². The number of piperidine rings is 1. The topological polar surface area (TPSA) is 103 Å². The minimum atomic E-state index is -0.962. The molecule has 2 N–H and O–H groups in total. The highest BCUT2D eigenvalue weighted by Gasteiger charge is 2.32. The number of hydrogen-bond donors (Lipinski definition) is 2. The molecule has 1 aliphatic heterocycles. The summed E-state index contributed by atoms with van der Waals surface area (Å²) < 4.78 is 0. The molecule has 0 aromatic carbocycles. The van der Waals surface area contributed by atoms with E-state index in [4.69, 9.17) is 0 Å². The lowest BCUT2D eigenvalue weighted by molar-refractivity contribution is -0.151. The molecule has 0 saturated carbocycles. The van der Waals surface area contributed by atoms with Gasteiger partial charge in [0.1, 0.15) is 6.04 Å². The molecule has 0 unspecified atom stereocenters. The summed E-state index contributed by atoms with van der Waals surface area (Å²) in [6.07, 6.45) is 2.19. The van der Waals surface area contributed by atoms with Gasteiger partial charge in [-0.25, -0.2) is 9.59 Å². The van der Waals surface area contributed by atoms with Crippen LogP contribution in [0, 0.1) is 13.8 Å². The average molecular weight is 293 g/mol. The Bertz CT molecular complexity index is 597. The number of aromatic amines is 1. The summed E-state index contributed by atoms with van der Waals surface area (Å²) in [5, 5.41) is 9.22. The summed E-state index contributed by atoms with van der Waals surface area (Å²) >= 11 is 0. The maximum Gasteiger partial charge on any atom is 0.345 e. The highest BCUT2D eigenvalue weighted by molar-refractivity contribution is 5.85. The van der Waals surface area contributed by atoms with Gasteiger partial charge in [0.25, 0.3) is 0 Å². The molecule has 21 heavy (non-hydrogen) atoms. The van der Waals surface area contributed by atoms with Crippen LogP contribution in [0.1, 0.15) is 36.2 Å². The van der Waals surface area contributed by atoms with Gasteiger partial charge in [0.15, 0.2) is 0 Å². The van der Waals surface area contributed by atoms with Crippen LogP contribution in [0.2, 0.25) is 0 Å². The number of carbonyl (C=O) groups is 2. The Balaban J connectivity index is 2.21. The van der Waals surface area contributed by atoms with Crippen molar-refractivity contribution in [2.24, 2.45) is 0 Å². The zero-order valence-electron chi connectivity index (χ0n) is 12.2. The van der Waals surface area contributed by atoms with Crippen LogP contribution in [0.4, 0.5) is 0 Å². The van der Waals surface area contributed by atoms with Gasteiger partial charge in [-0.3, -0.25) is 4.79 Å². The van der Waals surface area contributed by atoms with Crippen LogP contribution >= 0.6 is 0 Å². The largest absolute Gasteiger partial charge is 0.480 e. The zero-order chi connectivity index (χ0) is 15.6. The van der Waals surface area contributed by atoms with Crippen LogP contribution in [0.5, 0.6) is 0 Å². The van der Waals surface area contributed by atoms with Crippen LogP contribution in [-0.4, -0.2) is 44.4 Å². The number of aliphatic carboxylic acids is 1. The van der Waals surface area contributed by atoms with Crippen molar-refractivity contribution in [3.8, 4) is 0 Å². The van der Waals surface area contributed by atoms with Crippen molar-refractivity contribution in [1.82, 2.24) is 14.9 Å². The van der Waals surface area contributed by atoms with E-state index in [1.165, 1.54) is 4.90 Å². The lowest BCUT2D eigenvalue weighted by atomic mass is 10.0. The summed E-state index contributed by atoms with van der Waals surface area (Å²) in [6, 6.07) is -0.748. The number of amides is 1. The lowest BCUT2D eigenvalue weighted by Gasteiger charge is -2.33. The summed E-state index contributed by atoms with van der Waals surface area (Å²) in [5.41, 5.74) is 1.33. The number of hydrogen-bond acceptors (Lipinski definition) is 4. The minimum absolute atomic E-state index is 0.0607. The Morgan fingerprint density at radius 2 is 2.10 bits per heavy atom. The predicted molar refractivity (Wildman–Crippen MR) is 75.0 cm³/mol. The summed E-state index contributed by atoms with van der Waals surface area (Å²) in [5.74, 6) is -1.20. The molecule has 2 rings (SSSR count). The normalized spacial score (nSPS) is 18.6. The van der Waals surface area contributed by atoms with Crippen LogP contribution in [0.25, 0.3) is 0 Å². The van der Waals surface area contributed by atoms with E-state index >= 15 is 0 Å². The molecule has 7 heteroatoms. The molecular formula is C14H19N3O4. The molecule has 1 aliphatic rings. The molecule has 7 nitrogen and oxygen atoms in total. The molecule has 0 radical (unpaired) electrons. The van der Waals surface area contributed by atoms with Gasteiger partial charge in [-0.05, 0) is 33.1 Å². The van der Waals surface area contributed by atoms with Crippen LogP contribution < -0.4 is 5.69 Å². The van der Waals surface area contributed by atoms with Gasteiger partial charge in [0.05, 0.1) is 6.42 Å². The van der Waals surface area contributed by atoms with Gasteiger partial charge < -0.3 is 15.0 Å². The Morgan fingerprint density at radius 3 is 2.71 bits per heavy atom. The van der Waals surface area contributed by atoms with Crippen molar-refractivity contribution in [2.45, 2.75) is 45.6 Å². The third kappa shape index (κ3) is 3.29. The highest BCUT2D eigenvalue weighted by Crippen LogP contribution is 2.19. The molecule has 1 amide bonds. The Hall–Kier alpha value is -2.18. The monoisotopic (exact) mass is 293 g/mol. The number of nitrogens with zero attached hydrogens (tertiary/aromatic N) is 2. The lowest BCUT2D eigenvalue weighted by Crippen LogP contribution is -2.48. The third-order valence-corrected chi connectivity index (χ3v) is 3.89. The van der Waals surface area contributed by atoms with Gasteiger partial charge >= 0.3 is 11.7 Å². The van der Waals surface area contributed by atoms with Gasteiger partial charge in [0, 0.05) is 23.5 Å². The predicted octanol–water partition coefficient (Wildman–Crippen LogP) is 0.395. The van der Waals surface area contributed by atoms with E-state index in [0.717, 1.165) is 12.8 Å². The van der Waals surface area contributed by atoms with Crippen molar-refractivity contribution in [1.29, 1.82) is 0 Å². The van der Waals surface area contributed by atoms with E-state index in [1.54, 1.807) is 13.8 Å². The molecular weight excluding hydrogens is 274 g/mol. The average Bonchev–Trinajstić information content (AvgIpc) is 2.42. The van der Waals surface area contributed by atoms with E-state index in [2.05, 4.69) is 9.97 Å². The smallest absolute Gasteiger partial charge is 0.345 e. The van der Waals surface area contributed by atoms with Crippen molar-refractivity contribution in [3.05, 3.63) is 27.4 Å². The van der Waals surface area contributed by atoms with E-state index in [0.29, 0.717) is 29.9 Å². The number of aromatic nitrogens is 2. The molecule has 0 aliphatic carbocycles. The first-order valence-electron chi connectivity index (χ1n) is 6.99. The van der Waals surface area contributed by atoms with Gasteiger partial charge in [-0.2, -0.15) is 4.98 Å². The molecule has 2 heterocycles. The molecule has 0 spiro atoms. The quantitative estimate of drug-likeness (QED) is 0.839. The third-order valence-electron chi connectivity index (χ3n) is 3.89. The fourth-order valence-corrected chi connectivity index (χ4v) is 2.76. The number of aryl methyl sites for hydroxylation is 2. The molecule has 1 saturated heterocycles. The van der Waals surface area contributed by atoms with Crippen LogP contribution in [0.15, 0.2) is 4.79 Å². The van der Waals surface area contributed by atoms with Crippen molar-refractivity contribution in [2.75, 3.05) is 6.54 Å². The Labute approximate surface area is 122 Å². The molecule has 1 aromatic rings. The van der Waals surface area contributed by atoms with E-state index < -0.39 is 17.7 Å². The summed E-state index contributed by atoms with van der Waals surface area (Å²) in [6.45, 7) is 3.85. The SMILES string of the molecule is Cc1nc(=O)[nH]c(C)c1CC(=O)N1CCCC[C@@H]1C(=O)O.